The molecule has 0 atom stereocenters. The average molecular weight is 324 g/mol. The van der Waals surface area contributed by atoms with Crippen molar-refractivity contribution in [3.05, 3.63) is 39.8 Å². The monoisotopic (exact) mass is 324 g/mol. The van der Waals surface area contributed by atoms with Gasteiger partial charge in [-0.1, -0.05) is 5.92 Å². The minimum Gasteiger partial charge on any atom is -0.472 e. The van der Waals surface area contributed by atoms with Gasteiger partial charge in [-0.3, -0.25) is 9.89 Å². The van der Waals surface area contributed by atoms with Gasteiger partial charge in [0.05, 0.1) is 10.9 Å². The highest BCUT2D eigenvalue weighted by molar-refractivity contribution is 6.04. The lowest BCUT2D eigenvalue weighted by molar-refractivity contribution is -0.130. The molecule has 1 aromatic carbocycles. The normalized spacial score (nSPS) is 10.8. The summed E-state index contributed by atoms with van der Waals surface area (Å²) >= 11 is 0. The number of aromatic amines is 1. The van der Waals surface area contributed by atoms with Crippen LogP contribution in [0, 0.1) is 18.8 Å². The molecule has 2 aromatic heterocycles. The van der Waals surface area contributed by atoms with Crippen molar-refractivity contribution in [2.45, 2.75) is 19.9 Å². The highest BCUT2D eigenvalue weighted by Crippen LogP contribution is 2.24. The first kappa shape index (κ1) is 15.8. The van der Waals surface area contributed by atoms with Gasteiger partial charge >= 0.3 is 5.97 Å². The summed E-state index contributed by atoms with van der Waals surface area (Å²) in [4.78, 5) is 23.4. The molecule has 4 N–H and O–H groups in total. The molecule has 0 saturated heterocycles. The molecule has 0 saturated carbocycles. The molecule has 0 radical (unpaired) electrons. The lowest BCUT2D eigenvalue weighted by Crippen LogP contribution is -2.22. The SMILES string of the molecule is Cc1[nH]nc2c1c(=O)n(CCCN)c1ccc(C#CC(=O)O)cc21. The number of hydrogen-bond donors (Lipinski definition) is 3. The molecular weight excluding hydrogens is 308 g/mol. The van der Waals surface area contributed by atoms with Crippen molar-refractivity contribution in [2.24, 2.45) is 5.73 Å². The van der Waals surface area contributed by atoms with Gasteiger partial charge in [0.1, 0.15) is 5.52 Å². The third-order valence-corrected chi connectivity index (χ3v) is 3.85. The van der Waals surface area contributed by atoms with Crippen LogP contribution in [0.15, 0.2) is 23.0 Å². The molecule has 0 bridgehead atoms. The van der Waals surface area contributed by atoms with E-state index in [1.165, 1.54) is 0 Å². The van der Waals surface area contributed by atoms with E-state index in [9.17, 15) is 9.59 Å². The van der Waals surface area contributed by atoms with E-state index in [1.807, 2.05) is 0 Å². The number of rotatable bonds is 3. The van der Waals surface area contributed by atoms with Crippen LogP contribution in [0.5, 0.6) is 0 Å². The lowest BCUT2D eigenvalue weighted by atomic mass is 10.1. The van der Waals surface area contributed by atoms with Gasteiger partial charge in [0.25, 0.3) is 5.56 Å². The van der Waals surface area contributed by atoms with Crippen molar-refractivity contribution in [3.63, 3.8) is 0 Å². The van der Waals surface area contributed by atoms with Gasteiger partial charge in [-0.05, 0) is 38.1 Å². The van der Waals surface area contributed by atoms with Crippen molar-refractivity contribution < 1.29 is 9.90 Å². The maximum absolute atomic E-state index is 12.8. The second kappa shape index (κ2) is 6.18. The number of H-pyrrole nitrogens is 1. The van der Waals surface area contributed by atoms with Crippen molar-refractivity contribution in [1.82, 2.24) is 14.8 Å². The van der Waals surface area contributed by atoms with Crippen LogP contribution in [-0.4, -0.2) is 32.4 Å². The number of carbonyl (C=O) groups is 1. The second-order valence-corrected chi connectivity index (χ2v) is 5.46. The number of nitrogens with two attached hydrogens (primary N) is 1. The molecule has 7 heteroatoms. The third kappa shape index (κ3) is 2.64. The number of carboxylic acids is 1. The molecule has 122 valence electrons. The van der Waals surface area contributed by atoms with Gasteiger partial charge in [0.2, 0.25) is 0 Å². The zero-order valence-corrected chi connectivity index (χ0v) is 13.1. The number of carboxylic acid groups (broad SMARTS) is 1. The molecule has 3 rings (SSSR count). The Morgan fingerprint density at radius 2 is 2.25 bits per heavy atom. The number of benzene rings is 1. The largest absolute Gasteiger partial charge is 0.472 e. The van der Waals surface area contributed by atoms with Crippen molar-refractivity contribution in [3.8, 4) is 11.8 Å². The van der Waals surface area contributed by atoms with Gasteiger partial charge in [0.15, 0.2) is 0 Å². The second-order valence-electron chi connectivity index (χ2n) is 5.46. The molecule has 0 fully saturated rings. The van der Waals surface area contributed by atoms with Crippen LogP contribution in [0.3, 0.4) is 0 Å². The van der Waals surface area contributed by atoms with E-state index < -0.39 is 5.97 Å². The number of aromatic nitrogens is 3. The number of nitrogens with one attached hydrogen (secondary N) is 1. The Balaban J connectivity index is 2.35. The van der Waals surface area contributed by atoms with Crippen LogP contribution in [0.25, 0.3) is 21.8 Å². The summed E-state index contributed by atoms with van der Waals surface area (Å²) in [6, 6.07) is 5.22. The summed E-state index contributed by atoms with van der Waals surface area (Å²) in [6.45, 7) is 2.79. The number of hydrogen-bond acceptors (Lipinski definition) is 4. The molecule has 24 heavy (non-hydrogen) atoms. The van der Waals surface area contributed by atoms with E-state index in [2.05, 4.69) is 22.0 Å². The minimum atomic E-state index is -1.19. The summed E-state index contributed by atoms with van der Waals surface area (Å²) < 4.78 is 1.68. The van der Waals surface area contributed by atoms with Gasteiger partial charge in [-0.15, -0.1) is 0 Å². The lowest BCUT2D eigenvalue weighted by Gasteiger charge is -2.11. The predicted octanol–water partition coefficient (Wildman–Crippen LogP) is 0.971. The summed E-state index contributed by atoms with van der Waals surface area (Å²) in [5.41, 5.74) is 8.01. The first-order valence-corrected chi connectivity index (χ1v) is 7.49. The fourth-order valence-corrected chi connectivity index (χ4v) is 2.77. The Bertz CT molecular complexity index is 1070. The van der Waals surface area contributed by atoms with Crippen LogP contribution in [0.4, 0.5) is 0 Å². The fourth-order valence-electron chi connectivity index (χ4n) is 2.77. The molecule has 0 aliphatic rings. The molecule has 3 aromatic rings. The Hall–Kier alpha value is -3.11. The zero-order chi connectivity index (χ0) is 17.3. The van der Waals surface area contributed by atoms with E-state index in [-0.39, 0.29) is 5.56 Å². The van der Waals surface area contributed by atoms with Gasteiger partial charge < -0.3 is 15.4 Å². The van der Waals surface area contributed by atoms with Gasteiger partial charge in [-0.25, -0.2) is 4.79 Å². The zero-order valence-electron chi connectivity index (χ0n) is 13.1. The first-order valence-electron chi connectivity index (χ1n) is 7.49. The van der Waals surface area contributed by atoms with Crippen LogP contribution < -0.4 is 11.3 Å². The summed E-state index contributed by atoms with van der Waals surface area (Å²) in [7, 11) is 0. The summed E-state index contributed by atoms with van der Waals surface area (Å²) in [6.07, 6.45) is 0.679. The number of aliphatic carboxylic acids is 1. The Morgan fingerprint density at radius 3 is 2.96 bits per heavy atom. The Morgan fingerprint density at radius 1 is 1.46 bits per heavy atom. The standard InChI is InChI=1S/C17H16N4O3/c1-10-15-16(20-19-10)12-9-11(4-6-14(22)23)3-5-13(12)21(17(15)24)8-2-7-18/h3,5,9H,2,7-8,18H2,1H3,(H,19,20)(H,22,23). The molecular formula is C17H16N4O3. The predicted molar refractivity (Wildman–Crippen MR) is 90.8 cm³/mol. The van der Waals surface area contributed by atoms with E-state index in [0.717, 1.165) is 10.9 Å². The smallest absolute Gasteiger partial charge is 0.382 e. The number of aryl methyl sites for hydroxylation is 2. The first-order chi connectivity index (χ1) is 11.5. The summed E-state index contributed by atoms with van der Waals surface area (Å²) in [5, 5.41) is 17.1. The molecule has 2 heterocycles. The molecule has 7 nitrogen and oxygen atoms in total. The van der Waals surface area contributed by atoms with Crippen LogP contribution in [-0.2, 0) is 11.3 Å². The molecule has 0 aliphatic carbocycles. The van der Waals surface area contributed by atoms with Crippen molar-refractivity contribution >= 4 is 27.8 Å². The topological polar surface area (TPSA) is 114 Å². The number of pyridine rings is 1. The highest BCUT2D eigenvalue weighted by Gasteiger charge is 2.15. The number of fused-ring (bicyclic) bond motifs is 3. The Labute approximate surface area is 137 Å². The summed E-state index contributed by atoms with van der Waals surface area (Å²) in [5.74, 6) is 3.49. The molecule has 0 unspecified atom stereocenters. The molecule has 0 amide bonds. The minimum absolute atomic E-state index is 0.110. The van der Waals surface area contributed by atoms with E-state index in [1.54, 1.807) is 29.7 Å². The van der Waals surface area contributed by atoms with E-state index in [0.29, 0.717) is 41.7 Å². The fraction of sp³-hybridized carbons (Fsp3) is 0.235. The third-order valence-electron chi connectivity index (χ3n) is 3.85. The van der Waals surface area contributed by atoms with Crippen LogP contribution in [0.2, 0.25) is 0 Å². The highest BCUT2D eigenvalue weighted by atomic mass is 16.4. The van der Waals surface area contributed by atoms with Gasteiger partial charge in [-0.2, -0.15) is 5.10 Å². The van der Waals surface area contributed by atoms with E-state index in [4.69, 9.17) is 10.8 Å². The Kier molecular flexibility index (Phi) is 4.06. The van der Waals surface area contributed by atoms with Crippen LogP contribution in [0.1, 0.15) is 17.7 Å². The van der Waals surface area contributed by atoms with Crippen LogP contribution >= 0.6 is 0 Å². The van der Waals surface area contributed by atoms with Crippen molar-refractivity contribution in [2.75, 3.05) is 6.54 Å². The molecule has 0 spiro atoms. The van der Waals surface area contributed by atoms with Gasteiger partial charge in [0, 0.05) is 29.1 Å². The number of nitrogens with zero attached hydrogens (tertiary/aromatic N) is 2. The molecule has 0 aliphatic heterocycles. The van der Waals surface area contributed by atoms with Crippen molar-refractivity contribution in [1.29, 1.82) is 0 Å². The maximum atomic E-state index is 12.8. The average Bonchev–Trinajstić information content (AvgIpc) is 2.95. The van der Waals surface area contributed by atoms with E-state index >= 15 is 0 Å². The maximum Gasteiger partial charge on any atom is 0.382 e. The quantitative estimate of drug-likeness (QED) is 0.621.